The van der Waals surface area contributed by atoms with Crippen LogP contribution in [0.1, 0.15) is 43.5 Å². The standard InChI is InChI=1S/C19H26N2O/c1-2-13(12-22)14-7-9-21-10-8-16-15-5-3-4-6-17(15)20-19(16)18(21)11-14/h3-6,13-14,18,20,22H,2,7-12H2,1H3. The molecule has 1 saturated heterocycles. The molecule has 22 heavy (non-hydrogen) atoms. The van der Waals surface area contributed by atoms with Crippen LogP contribution in [0.5, 0.6) is 0 Å². The average Bonchev–Trinajstić information content (AvgIpc) is 2.95. The molecule has 4 rings (SSSR count). The fourth-order valence-electron chi connectivity index (χ4n) is 4.68. The van der Waals surface area contributed by atoms with Crippen molar-refractivity contribution in [3.63, 3.8) is 0 Å². The van der Waals surface area contributed by atoms with E-state index in [1.807, 2.05) is 0 Å². The third-order valence-corrected chi connectivity index (χ3v) is 6.01. The number of nitrogens with one attached hydrogen (secondary N) is 1. The van der Waals surface area contributed by atoms with Gasteiger partial charge in [-0.3, -0.25) is 4.90 Å². The van der Waals surface area contributed by atoms with Crippen LogP contribution < -0.4 is 0 Å². The summed E-state index contributed by atoms with van der Waals surface area (Å²) in [5.41, 5.74) is 4.27. The largest absolute Gasteiger partial charge is 0.396 e. The van der Waals surface area contributed by atoms with Gasteiger partial charge in [-0.1, -0.05) is 31.5 Å². The highest BCUT2D eigenvalue weighted by Gasteiger charge is 2.37. The molecule has 3 heterocycles. The zero-order valence-electron chi connectivity index (χ0n) is 13.4. The van der Waals surface area contributed by atoms with Crippen molar-refractivity contribution in [2.75, 3.05) is 19.7 Å². The van der Waals surface area contributed by atoms with E-state index in [2.05, 4.69) is 41.1 Å². The van der Waals surface area contributed by atoms with E-state index in [0.29, 0.717) is 24.5 Å². The Kier molecular flexibility index (Phi) is 3.71. The molecule has 118 valence electrons. The van der Waals surface area contributed by atoms with Crippen LogP contribution in [0.4, 0.5) is 0 Å². The first-order valence-electron chi connectivity index (χ1n) is 8.76. The van der Waals surface area contributed by atoms with Crippen molar-refractivity contribution >= 4 is 10.9 Å². The third kappa shape index (κ3) is 2.19. The van der Waals surface area contributed by atoms with Crippen LogP contribution in [0.15, 0.2) is 24.3 Å². The second-order valence-corrected chi connectivity index (χ2v) is 7.00. The minimum absolute atomic E-state index is 0.341. The number of hydrogen-bond donors (Lipinski definition) is 2. The summed E-state index contributed by atoms with van der Waals surface area (Å²) in [6, 6.07) is 9.23. The molecule has 2 N–H and O–H groups in total. The van der Waals surface area contributed by atoms with E-state index in [0.717, 1.165) is 12.8 Å². The molecule has 0 amide bonds. The lowest BCUT2D eigenvalue weighted by atomic mass is 9.77. The van der Waals surface area contributed by atoms with Gasteiger partial charge in [0.05, 0.1) is 6.04 Å². The fourth-order valence-corrected chi connectivity index (χ4v) is 4.68. The van der Waals surface area contributed by atoms with E-state index in [1.165, 1.54) is 48.1 Å². The number of nitrogens with zero attached hydrogens (tertiary/aromatic N) is 1. The van der Waals surface area contributed by atoms with E-state index in [4.69, 9.17) is 0 Å². The predicted molar refractivity (Wildman–Crippen MR) is 89.9 cm³/mol. The number of aliphatic hydroxyl groups excluding tert-OH is 1. The van der Waals surface area contributed by atoms with Gasteiger partial charge in [-0.25, -0.2) is 0 Å². The fraction of sp³-hybridized carbons (Fsp3) is 0.579. The van der Waals surface area contributed by atoms with Crippen LogP contribution in [0.3, 0.4) is 0 Å². The quantitative estimate of drug-likeness (QED) is 0.910. The molecule has 0 bridgehead atoms. The molecule has 3 nitrogen and oxygen atoms in total. The molecule has 2 aromatic rings. The Morgan fingerprint density at radius 2 is 2.18 bits per heavy atom. The lowest BCUT2D eigenvalue weighted by Gasteiger charge is -2.44. The van der Waals surface area contributed by atoms with Crippen LogP contribution in [0.2, 0.25) is 0 Å². The zero-order valence-corrected chi connectivity index (χ0v) is 13.4. The molecule has 1 fully saturated rings. The number of para-hydroxylation sites is 1. The van der Waals surface area contributed by atoms with Crippen molar-refractivity contribution in [2.24, 2.45) is 11.8 Å². The lowest BCUT2D eigenvalue weighted by Crippen LogP contribution is -2.43. The number of H-pyrrole nitrogens is 1. The molecule has 2 aliphatic heterocycles. The maximum atomic E-state index is 9.66. The minimum atomic E-state index is 0.341. The molecule has 3 atom stereocenters. The molecule has 0 spiro atoms. The first kappa shape index (κ1) is 14.3. The van der Waals surface area contributed by atoms with Gasteiger partial charge >= 0.3 is 0 Å². The molecule has 3 heteroatoms. The highest BCUT2D eigenvalue weighted by molar-refractivity contribution is 5.85. The van der Waals surface area contributed by atoms with Gasteiger partial charge in [0.15, 0.2) is 0 Å². The van der Waals surface area contributed by atoms with Crippen molar-refractivity contribution in [3.05, 3.63) is 35.5 Å². The summed E-state index contributed by atoms with van der Waals surface area (Å²) >= 11 is 0. The molecule has 0 radical (unpaired) electrons. The van der Waals surface area contributed by atoms with Crippen molar-refractivity contribution in [1.29, 1.82) is 0 Å². The number of aliphatic hydroxyl groups is 1. The Morgan fingerprint density at radius 1 is 1.32 bits per heavy atom. The second-order valence-electron chi connectivity index (χ2n) is 7.00. The Bertz CT molecular complexity index is 658. The number of hydrogen-bond acceptors (Lipinski definition) is 2. The molecule has 1 aromatic carbocycles. The van der Waals surface area contributed by atoms with Gasteiger partial charge in [0.1, 0.15) is 0 Å². The van der Waals surface area contributed by atoms with Crippen LogP contribution >= 0.6 is 0 Å². The highest BCUT2D eigenvalue weighted by atomic mass is 16.3. The zero-order chi connectivity index (χ0) is 15.1. The molecule has 1 aromatic heterocycles. The molecule has 0 saturated carbocycles. The van der Waals surface area contributed by atoms with Crippen molar-refractivity contribution in [2.45, 2.75) is 38.6 Å². The molecular formula is C19H26N2O. The predicted octanol–water partition coefficient (Wildman–Crippen LogP) is 3.50. The summed E-state index contributed by atoms with van der Waals surface area (Å²) in [5.74, 6) is 1.13. The van der Waals surface area contributed by atoms with E-state index < -0.39 is 0 Å². The van der Waals surface area contributed by atoms with Crippen molar-refractivity contribution in [1.82, 2.24) is 9.88 Å². The number of rotatable bonds is 3. The van der Waals surface area contributed by atoms with Crippen molar-refractivity contribution in [3.8, 4) is 0 Å². The normalized spacial score (nSPS) is 26.6. The van der Waals surface area contributed by atoms with Crippen LogP contribution in [0.25, 0.3) is 10.9 Å². The Hall–Kier alpha value is -1.32. The van der Waals surface area contributed by atoms with E-state index >= 15 is 0 Å². The average molecular weight is 298 g/mol. The van der Waals surface area contributed by atoms with E-state index in [-0.39, 0.29) is 0 Å². The van der Waals surface area contributed by atoms with Crippen molar-refractivity contribution < 1.29 is 5.11 Å². The van der Waals surface area contributed by atoms with Crippen LogP contribution in [-0.2, 0) is 6.42 Å². The van der Waals surface area contributed by atoms with E-state index in [1.54, 1.807) is 0 Å². The Morgan fingerprint density at radius 3 is 3.00 bits per heavy atom. The number of fused-ring (bicyclic) bond motifs is 5. The Balaban J connectivity index is 1.69. The molecule has 0 aliphatic carbocycles. The minimum Gasteiger partial charge on any atom is -0.396 e. The van der Waals surface area contributed by atoms with Crippen LogP contribution in [0, 0.1) is 11.8 Å². The maximum Gasteiger partial charge on any atom is 0.0504 e. The van der Waals surface area contributed by atoms with E-state index in [9.17, 15) is 5.11 Å². The van der Waals surface area contributed by atoms with Gasteiger partial charge in [-0.05, 0) is 49.3 Å². The maximum absolute atomic E-state index is 9.66. The Labute approximate surface area is 132 Å². The number of piperidine rings is 1. The second kappa shape index (κ2) is 5.71. The van der Waals surface area contributed by atoms with Crippen LogP contribution in [-0.4, -0.2) is 34.7 Å². The molecule has 2 aliphatic rings. The topological polar surface area (TPSA) is 39.3 Å². The highest BCUT2D eigenvalue weighted by Crippen LogP contribution is 2.43. The van der Waals surface area contributed by atoms with Gasteiger partial charge in [-0.2, -0.15) is 0 Å². The molecular weight excluding hydrogens is 272 g/mol. The summed E-state index contributed by atoms with van der Waals surface area (Å²) in [6.45, 7) is 4.92. The van der Waals surface area contributed by atoms with Gasteiger partial charge in [-0.15, -0.1) is 0 Å². The lowest BCUT2D eigenvalue weighted by molar-refractivity contribution is 0.0557. The number of benzene rings is 1. The summed E-state index contributed by atoms with van der Waals surface area (Å²) < 4.78 is 0. The van der Waals surface area contributed by atoms with Gasteiger partial charge in [0.2, 0.25) is 0 Å². The number of aromatic nitrogens is 1. The van der Waals surface area contributed by atoms with Gasteiger partial charge < -0.3 is 10.1 Å². The monoisotopic (exact) mass is 298 g/mol. The molecule has 3 unspecified atom stereocenters. The van der Waals surface area contributed by atoms with Gasteiger partial charge in [0.25, 0.3) is 0 Å². The SMILES string of the molecule is CCC(CO)C1CCN2CCc3c([nH]c4ccccc34)C2C1. The first-order chi connectivity index (χ1) is 10.8. The summed E-state index contributed by atoms with van der Waals surface area (Å²) in [4.78, 5) is 6.36. The smallest absolute Gasteiger partial charge is 0.0504 e. The summed E-state index contributed by atoms with van der Waals surface area (Å²) in [6.07, 6.45) is 4.69. The third-order valence-electron chi connectivity index (χ3n) is 6.01. The van der Waals surface area contributed by atoms with Gasteiger partial charge in [0, 0.05) is 29.7 Å². The summed E-state index contributed by atoms with van der Waals surface area (Å²) in [5, 5.41) is 11.1. The number of aromatic amines is 1. The first-order valence-corrected chi connectivity index (χ1v) is 8.76. The summed E-state index contributed by atoms with van der Waals surface area (Å²) in [7, 11) is 0.